The lowest BCUT2D eigenvalue weighted by molar-refractivity contribution is -0.122. The number of amides is 1. The summed E-state index contributed by atoms with van der Waals surface area (Å²) in [6.07, 6.45) is 8.07. The zero-order chi connectivity index (χ0) is 16.9. The number of hydrogen-bond donors (Lipinski definition) is 0. The number of anilines is 1. The van der Waals surface area contributed by atoms with E-state index in [1.807, 2.05) is 36.0 Å². The van der Waals surface area contributed by atoms with Gasteiger partial charge in [-0.15, -0.1) is 0 Å². The number of thioether (sulfide) groups is 1. The third-order valence-corrected chi connectivity index (χ3v) is 6.44. The zero-order valence-corrected chi connectivity index (χ0v) is 15.8. The molecule has 2 aliphatic rings. The van der Waals surface area contributed by atoms with E-state index < -0.39 is 0 Å². The van der Waals surface area contributed by atoms with E-state index in [1.54, 1.807) is 0 Å². The van der Waals surface area contributed by atoms with Crippen LogP contribution in [0.25, 0.3) is 0 Å². The van der Waals surface area contributed by atoms with Gasteiger partial charge in [-0.05, 0) is 43.5 Å². The first kappa shape index (κ1) is 17.8. The molecule has 5 heteroatoms. The van der Waals surface area contributed by atoms with E-state index in [9.17, 15) is 4.79 Å². The van der Waals surface area contributed by atoms with Crippen LogP contribution in [0.5, 0.6) is 0 Å². The minimum absolute atomic E-state index is 0.0886. The second-order valence-electron chi connectivity index (χ2n) is 6.62. The Bertz CT molecular complexity index is 602. The highest BCUT2D eigenvalue weighted by Crippen LogP contribution is 2.38. The number of benzene rings is 1. The maximum absolute atomic E-state index is 12.6. The van der Waals surface area contributed by atoms with Crippen LogP contribution in [0.2, 0.25) is 5.02 Å². The fraction of sp³-hybridized carbons (Fsp3) is 0.579. The lowest BCUT2D eigenvalue weighted by Gasteiger charge is -2.34. The fourth-order valence-corrected chi connectivity index (χ4v) is 5.08. The van der Waals surface area contributed by atoms with Crippen LogP contribution in [0.15, 0.2) is 29.3 Å². The number of fused-ring (bicyclic) bond motifs is 1. The van der Waals surface area contributed by atoms with Gasteiger partial charge >= 0.3 is 0 Å². The van der Waals surface area contributed by atoms with Crippen LogP contribution in [-0.2, 0) is 4.79 Å². The van der Waals surface area contributed by atoms with Crippen LogP contribution in [0, 0.1) is 5.92 Å². The summed E-state index contributed by atoms with van der Waals surface area (Å²) in [6, 6.07) is 7.81. The molecule has 3 nitrogen and oxygen atoms in total. The van der Waals surface area contributed by atoms with Crippen molar-refractivity contribution in [2.75, 3.05) is 11.4 Å². The Morgan fingerprint density at radius 2 is 1.88 bits per heavy atom. The van der Waals surface area contributed by atoms with Crippen LogP contribution >= 0.6 is 23.4 Å². The molecule has 1 aliphatic heterocycles. The minimum Gasteiger partial charge on any atom is -0.321 e. The molecule has 3 rings (SSSR count). The molecule has 1 heterocycles. The summed E-state index contributed by atoms with van der Waals surface area (Å²) in [5, 5.41) is 1.98. The third-order valence-electron chi connectivity index (χ3n) is 4.80. The highest BCUT2D eigenvalue weighted by atomic mass is 35.5. The SMILES string of the molecule is CCCN(C1=NC(=O)C2CCCCCCC2S1)c1ccc(Cl)cc1. The summed E-state index contributed by atoms with van der Waals surface area (Å²) in [5.41, 5.74) is 1.06. The van der Waals surface area contributed by atoms with Crippen LogP contribution in [0.4, 0.5) is 5.69 Å². The van der Waals surface area contributed by atoms with Gasteiger partial charge in [-0.1, -0.05) is 56.0 Å². The molecule has 1 aliphatic carbocycles. The molecule has 130 valence electrons. The molecule has 0 radical (unpaired) electrons. The summed E-state index contributed by atoms with van der Waals surface area (Å²) in [4.78, 5) is 19.3. The summed E-state index contributed by atoms with van der Waals surface area (Å²) < 4.78 is 0. The highest BCUT2D eigenvalue weighted by molar-refractivity contribution is 8.14. The molecule has 24 heavy (non-hydrogen) atoms. The number of amidine groups is 1. The Morgan fingerprint density at radius 3 is 2.58 bits per heavy atom. The molecule has 1 fully saturated rings. The van der Waals surface area contributed by atoms with Crippen molar-refractivity contribution in [1.82, 2.24) is 0 Å². The summed E-state index contributed by atoms with van der Waals surface area (Å²) in [5.74, 6) is 0.207. The second kappa shape index (κ2) is 8.39. The van der Waals surface area contributed by atoms with E-state index in [0.29, 0.717) is 5.25 Å². The van der Waals surface area contributed by atoms with Crippen molar-refractivity contribution in [3.8, 4) is 0 Å². The van der Waals surface area contributed by atoms with Gasteiger partial charge in [0.05, 0.1) is 5.92 Å². The predicted molar refractivity (Wildman–Crippen MR) is 104 cm³/mol. The fourth-order valence-electron chi connectivity index (χ4n) is 3.52. The topological polar surface area (TPSA) is 32.7 Å². The normalized spacial score (nSPS) is 24.6. The molecule has 0 aromatic heterocycles. The molecule has 1 aromatic carbocycles. The van der Waals surface area contributed by atoms with Crippen molar-refractivity contribution in [1.29, 1.82) is 0 Å². The van der Waals surface area contributed by atoms with Crippen molar-refractivity contribution in [2.24, 2.45) is 10.9 Å². The molecule has 1 saturated carbocycles. The molecule has 0 spiro atoms. The quantitative estimate of drug-likeness (QED) is 0.707. The van der Waals surface area contributed by atoms with E-state index in [1.165, 1.54) is 19.3 Å². The van der Waals surface area contributed by atoms with E-state index in [2.05, 4.69) is 16.8 Å². The first-order valence-corrected chi connectivity index (χ1v) is 10.3. The lowest BCUT2D eigenvalue weighted by atomic mass is 9.90. The standard InChI is InChI=1S/C19H25ClN2OS/c1-2-13-22(15-11-9-14(20)10-12-15)19-21-18(23)16-7-5-3-4-6-8-17(16)24-19/h9-12,16-17H,2-8,13H2,1H3. The predicted octanol–water partition coefficient (Wildman–Crippen LogP) is 5.52. The summed E-state index contributed by atoms with van der Waals surface area (Å²) in [6.45, 7) is 3.01. The van der Waals surface area contributed by atoms with Crippen LogP contribution < -0.4 is 4.90 Å². The molecule has 0 N–H and O–H groups in total. The average Bonchev–Trinajstić information content (AvgIpc) is 2.55. The van der Waals surface area contributed by atoms with E-state index >= 15 is 0 Å². The Balaban J connectivity index is 1.85. The van der Waals surface area contributed by atoms with Gasteiger partial charge in [-0.2, -0.15) is 4.99 Å². The smallest absolute Gasteiger partial charge is 0.252 e. The van der Waals surface area contributed by atoms with Gasteiger partial charge in [-0.25, -0.2) is 0 Å². The monoisotopic (exact) mass is 364 g/mol. The van der Waals surface area contributed by atoms with Gasteiger partial charge < -0.3 is 4.90 Å². The molecular formula is C19H25ClN2OS. The van der Waals surface area contributed by atoms with Crippen molar-refractivity contribution in [2.45, 2.75) is 57.1 Å². The lowest BCUT2D eigenvalue weighted by Crippen LogP contribution is -2.39. The highest BCUT2D eigenvalue weighted by Gasteiger charge is 2.36. The van der Waals surface area contributed by atoms with E-state index in [0.717, 1.165) is 48.1 Å². The number of halogens is 1. The Kier molecular flexibility index (Phi) is 6.23. The average molecular weight is 365 g/mol. The molecule has 2 unspecified atom stereocenters. The zero-order valence-electron chi connectivity index (χ0n) is 14.2. The Morgan fingerprint density at radius 1 is 1.17 bits per heavy atom. The van der Waals surface area contributed by atoms with Gasteiger partial charge in [0, 0.05) is 22.5 Å². The number of nitrogens with zero attached hydrogens (tertiary/aromatic N) is 2. The van der Waals surface area contributed by atoms with Gasteiger partial charge in [0.1, 0.15) is 0 Å². The van der Waals surface area contributed by atoms with Crippen molar-refractivity contribution in [3.63, 3.8) is 0 Å². The number of hydrogen-bond acceptors (Lipinski definition) is 3. The number of rotatable bonds is 3. The van der Waals surface area contributed by atoms with E-state index in [4.69, 9.17) is 11.6 Å². The van der Waals surface area contributed by atoms with Crippen molar-refractivity contribution >= 4 is 40.1 Å². The van der Waals surface area contributed by atoms with Crippen molar-refractivity contribution < 1.29 is 4.79 Å². The molecule has 1 amide bonds. The van der Waals surface area contributed by atoms with Gasteiger partial charge in [0.25, 0.3) is 5.91 Å². The Labute approximate surface area is 153 Å². The van der Waals surface area contributed by atoms with E-state index in [-0.39, 0.29) is 11.8 Å². The summed E-state index contributed by atoms with van der Waals surface area (Å²) >= 11 is 7.83. The first-order valence-electron chi connectivity index (χ1n) is 9.01. The van der Waals surface area contributed by atoms with Gasteiger partial charge in [0.2, 0.25) is 0 Å². The van der Waals surface area contributed by atoms with Crippen LogP contribution in [-0.4, -0.2) is 22.9 Å². The largest absolute Gasteiger partial charge is 0.321 e. The minimum atomic E-state index is 0.0886. The van der Waals surface area contributed by atoms with Crippen LogP contribution in [0.3, 0.4) is 0 Å². The van der Waals surface area contributed by atoms with Gasteiger partial charge in [-0.3, -0.25) is 4.79 Å². The second-order valence-corrected chi connectivity index (χ2v) is 8.26. The molecule has 0 saturated heterocycles. The number of carbonyl (C=O) groups excluding carboxylic acids is 1. The maximum Gasteiger partial charge on any atom is 0.252 e. The number of carbonyl (C=O) groups is 1. The molecule has 1 aromatic rings. The molecule has 0 bridgehead atoms. The first-order chi connectivity index (χ1) is 11.7. The number of aliphatic imine (C=N–C) groups is 1. The summed E-state index contributed by atoms with van der Waals surface area (Å²) in [7, 11) is 0. The van der Waals surface area contributed by atoms with Gasteiger partial charge in [0.15, 0.2) is 5.17 Å². The van der Waals surface area contributed by atoms with Crippen molar-refractivity contribution in [3.05, 3.63) is 29.3 Å². The Hall–Kier alpha value is -1.00. The third kappa shape index (κ3) is 4.15. The molecular weight excluding hydrogens is 340 g/mol. The van der Waals surface area contributed by atoms with Crippen LogP contribution in [0.1, 0.15) is 51.9 Å². The maximum atomic E-state index is 12.6. The molecule has 2 atom stereocenters.